The Bertz CT molecular complexity index is 147. The first-order chi connectivity index (χ1) is 5.25. The van der Waals surface area contributed by atoms with Gasteiger partial charge in [-0.15, -0.1) is 0 Å². The summed E-state index contributed by atoms with van der Waals surface area (Å²) in [4.78, 5) is 11.2. The summed E-state index contributed by atoms with van der Waals surface area (Å²) in [6.07, 6.45) is 0.627. The Hall–Kier alpha value is -0.410. The minimum Gasteiger partial charge on any atom is -0.375 e. The van der Waals surface area contributed by atoms with Crippen LogP contribution in [0.1, 0.15) is 20.3 Å². The van der Waals surface area contributed by atoms with Crippen LogP contribution in [0.25, 0.3) is 0 Å². The van der Waals surface area contributed by atoms with Crippen LogP contribution in [0.15, 0.2) is 0 Å². The number of ketones is 1. The molecule has 0 aromatic rings. The van der Waals surface area contributed by atoms with Crippen LogP contribution in [0.2, 0.25) is 0 Å². The summed E-state index contributed by atoms with van der Waals surface area (Å²) in [6, 6.07) is -0.0752. The lowest BCUT2D eigenvalue weighted by Crippen LogP contribution is -2.51. The van der Waals surface area contributed by atoms with Gasteiger partial charge in [0.15, 0.2) is 5.78 Å². The molecule has 3 heteroatoms. The highest BCUT2D eigenvalue weighted by molar-refractivity contribution is 5.84. The summed E-state index contributed by atoms with van der Waals surface area (Å²) in [5.74, 6) is 0.247. The maximum Gasteiger partial charge on any atom is 0.152 e. The number of hydrogen-bond donors (Lipinski definition) is 1. The predicted molar refractivity (Wildman–Crippen MR) is 42.5 cm³/mol. The number of hydrogen-bond acceptors (Lipinski definition) is 3. The van der Waals surface area contributed by atoms with Gasteiger partial charge in [0.25, 0.3) is 0 Å². The fourth-order valence-corrected chi connectivity index (χ4v) is 1.32. The standard InChI is InChI=1S/C8H15NO2/c1-3-7(10)8-6(2)11-5-4-9-8/h6,8-9H,3-5H2,1-2H3. The van der Waals surface area contributed by atoms with Gasteiger partial charge in [-0.25, -0.2) is 0 Å². The van der Waals surface area contributed by atoms with Gasteiger partial charge in [-0.05, 0) is 6.92 Å². The Kier molecular flexibility index (Phi) is 3.02. The number of morpholine rings is 1. The van der Waals surface area contributed by atoms with Crippen molar-refractivity contribution in [3.05, 3.63) is 0 Å². The largest absolute Gasteiger partial charge is 0.375 e. The van der Waals surface area contributed by atoms with E-state index in [9.17, 15) is 4.79 Å². The lowest BCUT2D eigenvalue weighted by Gasteiger charge is -2.28. The lowest BCUT2D eigenvalue weighted by atomic mass is 10.0. The number of carbonyl (C=O) groups is 1. The van der Waals surface area contributed by atoms with Crippen molar-refractivity contribution in [3.63, 3.8) is 0 Å². The summed E-state index contributed by atoms with van der Waals surface area (Å²) in [7, 11) is 0. The van der Waals surface area contributed by atoms with Gasteiger partial charge in [0, 0.05) is 13.0 Å². The van der Waals surface area contributed by atoms with Crippen molar-refractivity contribution in [1.82, 2.24) is 5.32 Å². The minimum absolute atomic E-state index is 0.0381. The number of nitrogens with one attached hydrogen (secondary N) is 1. The molecule has 2 unspecified atom stereocenters. The summed E-state index contributed by atoms with van der Waals surface area (Å²) in [6.45, 7) is 5.32. The summed E-state index contributed by atoms with van der Waals surface area (Å²) in [5.41, 5.74) is 0. The van der Waals surface area contributed by atoms with Crippen LogP contribution in [0.3, 0.4) is 0 Å². The van der Waals surface area contributed by atoms with Crippen LogP contribution in [0.4, 0.5) is 0 Å². The maximum atomic E-state index is 11.2. The molecule has 0 bridgehead atoms. The van der Waals surface area contributed by atoms with Gasteiger partial charge in [0.2, 0.25) is 0 Å². The zero-order valence-electron chi connectivity index (χ0n) is 7.09. The van der Waals surface area contributed by atoms with Gasteiger partial charge in [-0.3, -0.25) is 4.79 Å². The molecule has 0 amide bonds. The molecule has 1 aliphatic rings. The van der Waals surface area contributed by atoms with E-state index in [1.807, 2.05) is 13.8 Å². The number of Topliss-reactive ketones (excluding diaryl/α,β-unsaturated/α-hetero) is 1. The highest BCUT2D eigenvalue weighted by Gasteiger charge is 2.26. The van der Waals surface area contributed by atoms with Gasteiger partial charge in [-0.1, -0.05) is 6.92 Å². The first-order valence-corrected chi connectivity index (χ1v) is 4.13. The zero-order valence-corrected chi connectivity index (χ0v) is 7.09. The summed E-state index contributed by atoms with van der Waals surface area (Å²) < 4.78 is 5.33. The van der Waals surface area contributed by atoms with Crippen molar-refractivity contribution in [3.8, 4) is 0 Å². The van der Waals surface area contributed by atoms with Gasteiger partial charge in [0.05, 0.1) is 18.8 Å². The van der Waals surface area contributed by atoms with E-state index in [1.165, 1.54) is 0 Å². The van der Waals surface area contributed by atoms with E-state index < -0.39 is 0 Å². The van der Waals surface area contributed by atoms with E-state index in [0.29, 0.717) is 13.0 Å². The van der Waals surface area contributed by atoms with Crippen LogP contribution in [-0.2, 0) is 9.53 Å². The summed E-state index contributed by atoms with van der Waals surface area (Å²) in [5, 5.41) is 3.14. The van der Waals surface area contributed by atoms with E-state index in [-0.39, 0.29) is 17.9 Å². The van der Waals surface area contributed by atoms with Crippen LogP contribution in [-0.4, -0.2) is 31.1 Å². The monoisotopic (exact) mass is 157 g/mol. The molecule has 1 fully saturated rings. The SMILES string of the molecule is CCC(=O)C1NCCOC1C. The van der Waals surface area contributed by atoms with Gasteiger partial charge in [0.1, 0.15) is 0 Å². The molecule has 3 nitrogen and oxygen atoms in total. The molecule has 0 saturated carbocycles. The first-order valence-electron chi connectivity index (χ1n) is 4.13. The van der Waals surface area contributed by atoms with Crippen molar-refractivity contribution >= 4 is 5.78 Å². The second-order valence-electron chi connectivity index (χ2n) is 2.83. The minimum atomic E-state index is -0.0752. The molecule has 1 heterocycles. The summed E-state index contributed by atoms with van der Waals surface area (Å²) >= 11 is 0. The average Bonchev–Trinajstić information content (AvgIpc) is 2.04. The highest BCUT2D eigenvalue weighted by atomic mass is 16.5. The van der Waals surface area contributed by atoms with Crippen molar-refractivity contribution in [2.45, 2.75) is 32.4 Å². The zero-order chi connectivity index (χ0) is 8.27. The lowest BCUT2D eigenvalue weighted by molar-refractivity contribution is -0.126. The molecule has 0 aromatic carbocycles. The Balaban J connectivity index is 2.47. The smallest absolute Gasteiger partial charge is 0.152 e. The predicted octanol–water partition coefficient (Wildman–Crippen LogP) is 0.342. The first kappa shape index (κ1) is 8.68. The fourth-order valence-electron chi connectivity index (χ4n) is 1.32. The third-order valence-corrected chi connectivity index (χ3v) is 2.01. The molecule has 11 heavy (non-hydrogen) atoms. The molecule has 2 atom stereocenters. The molecule has 0 spiro atoms. The van der Waals surface area contributed by atoms with E-state index in [0.717, 1.165) is 6.54 Å². The quantitative estimate of drug-likeness (QED) is 0.628. The van der Waals surface area contributed by atoms with Crippen LogP contribution in [0, 0.1) is 0 Å². The van der Waals surface area contributed by atoms with Gasteiger partial charge < -0.3 is 10.1 Å². The second kappa shape index (κ2) is 3.83. The molecule has 1 saturated heterocycles. The normalized spacial score (nSPS) is 31.8. The third-order valence-electron chi connectivity index (χ3n) is 2.01. The van der Waals surface area contributed by atoms with E-state index in [2.05, 4.69) is 5.32 Å². The highest BCUT2D eigenvalue weighted by Crippen LogP contribution is 2.06. The van der Waals surface area contributed by atoms with Crippen LogP contribution < -0.4 is 5.32 Å². The van der Waals surface area contributed by atoms with Crippen LogP contribution >= 0.6 is 0 Å². The Labute approximate surface area is 67.1 Å². The molecule has 64 valence electrons. The van der Waals surface area contributed by atoms with Crippen molar-refractivity contribution in [2.24, 2.45) is 0 Å². The maximum absolute atomic E-state index is 11.2. The van der Waals surface area contributed by atoms with Crippen molar-refractivity contribution in [1.29, 1.82) is 0 Å². The molecule has 0 aliphatic carbocycles. The molecular formula is C8H15NO2. The Morgan fingerprint density at radius 2 is 2.45 bits per heavy atom. The van der Waals surface area contributed by atoms with E-state index in [1.54, 1.807) is 0 Å². The van der Waals surface area contributed by atoms with Crippen molar-refractivity contribution < 1.29 is 9.53 Å². The molecular weight excluding hydrogens is 142 g/mol. The fraction of sp³-hybridized carbons (Fsp3) is 0.875. The van der Waals surface area contributed by atoms with Crippen molar-refractivity contribution in [2.75, 3.05) is 13.2 Å². The molecule has 1 aliphatic heterocycles. The molecule has 1 N–H and O–H groups in total. The molecule has 0 aromatic heterocycles. The Morgan fingerprint density at radius 1 is 1.73 bits per heavy atom. The molecule has 0 radical (unpaired) electrons. The third kappa shape index (κ3) is 2.01. The number of carbonyl (C=O) groups excluding carboxylic acids is 1. The Morgan fingerprint density at radius 3 is 3.00 bits per heavy atom. The van der Waals surface area contributed by atoms with Crippen LogP contribution in [0.5, 0.6) is 0 Å². The van der Waals surface area contributed by atoms with E-state index >= 15 is 0 Å². The topological polar surface area (TPSA) is 38.3 Å². The number of ether oxygens (including phenoxy) is 1. The van der Waals surface area contributed by atoms with Gasteiger partial charge in [-0.2, -0.15) is 0 Å². The van der Waals surface area contributed by atoms with E-state index in [4.69, 9.17) is 4.74 Å². The second-order valence-corrected chi connectivity index (χ2v) is 2.83. The average molecular weight is 157 g/mol. The number of rotatable bonds is 2. The van der Waals surface area contributed by atoms with Gasteiger partial charge >= 0.3 is 0 Å². The molecule has 1 rings (SSSR count).